The van der Waals surface area contributed by atoms with Crippen LogP contribution in [0.1, 0.15) is 29.0 Å². The summed E-state index contributed by atoms with van der Waals surface area (Å²) in [6.07, 6.45) is 1.71. The van der Waals surface area contributed by atoms with E-state index >= 15 is 0 Å². The summed E-state index contributed by atoms with van der Waals surface area (Å²) in [4.78, 5) is 31.2. The molecule has 1 unspecified atom stereocenters. The zero-order valence-electron chi connectivity index (χ0n) is 14.3. The van der Waals surface area contributed by atoms with Crippen LogP contribution in [-0.2, 0) is 16.1 Å². The molecule has 1 saturated heterocycles. The largest absolute Gasteiger partial charge is 0.382 e. The van der Waals surface area contributed by atoms with Gasteiger partial charge in [0, 0.05) is 40.5 Å². The highest BCUT2D eigenvalue weighted by Gasteiger charge is 2.47. The maximum atomic E-state index is 12.4. The van der Waals surface area contributed by atoms with Crippen LogP contribution in [0.2, 0.25) is 0 Å². The lowest BCUT2D eigenvalue weighted by molar-refractivity contribution is -0.135. The molecule has 1 fully saturated rings. The Kier molecular flexibility index (Phi) is 5.43. The molecular formula is C16H26N4O3. The molecule has 2 amide bonds. The fourth-order valence-electron chi connectivity index (χ4n) is 3.23. The summed E-state index contributed by atoms with van der Waals surface area (Å²) in [5.41, 5.74) is 0.836. The first-order valence-corrected chi connectivity index (χ1v) is 7.80. The number of hydrogen-bond acceptors (Lipinski definition) is 4. The lowest BCUT2D eigenvalue weighted by atomic mass is 9.95. The van der Waals surface area contributed by atoms with Gasteiger partial charge in [-0.25, -0.2) is 0 Å². The maximum absolute atomic E-state index is 12.4. The number of nitrogens with zero attached hydrogens (tertiary/aromatic N) is 2. The number of carbonyl (C=O) groups excluding carboxylic acids is 2. The monoisotopic (exact) mass is 322 g/mol. The van der Waals surface area contributed by atoms with E-state index in [9.17, 15) is 9.59 Å². The molecule has 0 saturated carbocycles. The van der Waals surface area contributed by atoms with E-state index in [1.54, 1.807) is 34.3 Å². The van der Waals surface area contributed by atoms with Crippen LogP contribution in [0, 0.1) is 0 Å². The lowest BCUT2D eigenvalue weighted by Crippen LogP contribution is -2.57. The summed E-state index contributed by atoms with van der Waals surface area (Å²) in [5, 5.41) is 2.76. The van der Waals surface area contributed by atoms with Gasteiger partial charge in [-0.05, 0) is 31.5 Å². The number of amides is 2. The number of H-pyrrole nitrogens is 1. The van der Waals surface area contributed by atoms with Gasteiger partial charge < -0.3 is 19.9 Å². The van der Waals surface area contributed by atoms with Crippen molar-refractivity contribution in [3.63, 3.8) is 0 Å². The molecule has 7 heteroatoms. The van der Waals surface area contributed by atoms with Crippen LogP contribution < -0.4 is 5.32 Å². The highest BCUT2D eigenvalue weighted by atomic mass is 16.5. The molecule has 0 bridgehead atoms. The van der Waals surface area contributed by atoms with Gasteiger partial charge in [-0.3, -0.25) is 14.5 Å². The number of methoxy groups -OCH3 is 1. The van der Waals surface area contributed by atoms with E-state index in [2.05, 4.69) is 15.2 Å². The van der Waals surface area contributed by atoms with Gasteiger partial charge in [-0.15, -0.1) is 0 Å². The first-order chi connectivity index (χ1) is 10.9. The Bertz CT molecular complexity index is 569. The van der Waals surface area contributed by atoms with Gasteiger partial charge in [-0.2, -0.15) is 0 Å². The van der Waals surface area contributed by atoms with Crippen molar-refractivity contribution in [2.45, 2.75) is 24.9 Å². The minimum Gasteiger partial charge on any atom is -0.382 e. The second-order valence-electron chi connectivity index (χ2n) is 6.17. The van der Waals surface area contributed by atoms with Gasteiger partial charge in [0.25, 0.3) is 5.91 Å². The third kappa shape index (κ3) is 3.40. The standard InChI is InChI=1S/C16H26N4O3/c1-17-15(22)16(11-23-4)8-5-9-20(16)10-12-6-7-13(18-12)14(21)19(2)3/h6-7,18H,5,8-11H2,1-4H3,(H,17,22). The molecule has 0 aliphatic carbocycles. The van der Waals surface area contributed by atoms with Gasteiger partial charge in [0.2, 0.25) is 5.91 Å². The van der Waals surface area contributed by atoms with Crippen LogP contribution >= 0.6 is 0 Å². The Morgan fingerprint density at radius 3 is 2.78 bits per heavy atom. The highest BCUT2D eigenvalue weighted by Crippen LogP contribution is 2.31. The van der Waals surface area contributed by atoms with Crippen LogP contribution in [0.3, 0.4) is 0 Å². The number of ether oxygens (including phenoxy) is 1. The average molecular weight is 322 g/mol. The summed E-state index contributed by atoms with van der Waals surface area (Å²) < 4.78 is 5.32. The Morgan fingerprint density at radius 1 is 1.43 bits per heavy atom. The van der Waals surface area contributed by atoms with E-state index in [0.29, 0.717) is 18.8 Å². The quantitative estimate of drug-likeness (QED) is 0.797. The highest BCUT2D eigenvalue weighted by molar-refractivity contribution is 5.92. The van der Waals surface area contributed by atoms with Crippen molar-refractivity contribution in [2.24, 2.45) is 0 Å². The van der Waals surface area contributed by atoms with Crippen LogP contribution in [0.5, 0.6) is 0 Å². The van der Waals surface area contributed by atoms with Crippen molar-refractivity contribution < 1.29 is 14.3 Å². The molecule has 7 nitrogen and oxygen atoms in total. The summed E-state index contributed by atoms with van der Waals surface area (Å²) in [7, 11) is 6.71. The number of likely N-dealkylation sites (N-methyl/N-ethyl adjacent to an activating group) is 1. The number of aromatic nitrogens is 1. The van der Waals surface area contributed by atoms with Crippen LogP contribution in [0.25, 0.3) is 0 Å². The Morgan fingerprint density at radius 2 is 2.17 bits per heavy atom. The lowest BCUT2D eigenvalue weighted by Gasteiger charge is -2.36. The number of hydrogen-bond donors (Lipinski definition) is 2. The molecule has 128 valence electrons. The predicted molar refractivity (Wildman–Crippen MR) is 87.1 cm³/mol. The number of nitrogens with one attached hydrogen (secondary N) is 2. The van der Waals surface area contributed by atoms with Crippen molar-refractivity contribution in [3.8, 4) is 0 Å². The average Bonchev–Trinajstić information content (AvgIpc) is 3.15. The third-order valence-electron chi connectivity index (χ3n) is 4.40. The van der Waals surface area contributed by atoms with Crippen molar-refractivity contribution >= 4 is 11.8 Å². The molecule has 0 radical (unpaired) electrons. The molecule has 1 aromatic heterocycles. The zero-order chi connectivity index (χ0) is 17.0. The SMILES string of the molecule is CNC(=O)C1(COC)CCCN1Cc1ccc(C(=O)N(C)C)[nH]1. The predicted octanol–water partition coefficient (Wildman–Crippen LogP) is 0.444. The molecule has 0 spiro atoms. The molecular weight excluding hydrogens is 296 g/mol. The fourth-order valence-corrected chi connectivity index (χ4v) is 3.23. The Hall–Kier alpha value is -1.86. The molecule has 0 aromatic carbocycles. The first-order valence-electron chi connectivity index (χ1n) is 7.80. The molecule has 2 N–H and O–H groups in total. The molecule has 2 rings (SSSR count). The molecule has 1 aliphatic heterocycles. The maximum Gasteiger partial charge on any atom is 0.269 e. The van der Waals surface area contributed by atoms with Gasteiger partial charge >= 0.3 is 0 Å². The summed E-state index contributed by atoms with van der Waals surface area (Å²) >= 11 is 0. The van der Waals surface area contributed by atoms with Gasteiger partial charge in [0.15, 0.2) is 0 Å². The molecule has 1 aromatic rings. The van der Waals surface area contributed by atoms with E-state index in [0.717, 1.165) is 25.1 Å². The smallest absolute Gasteiger partial charge is 0.269 e. The normalized spacial score (nSPS) is 21.4. The second-order valence-corrected chi connectivity index (χ2v) is 6.17. The molecule has 1 atom stereocenters. The molecule has 1 aliphatic rings. The third-order valence-corrected chi connectivity index (χ3v) is 4.40. The number of aromatic amines is 1. The first kappa shape index (κ1) is 17.5. The number of rotatable bonds is 6. The number of likely N-dealkylation sites (tertiary alicyclic amines) is 1. The fraction of sp³-hybridized carbons (Fsp3) is 0.625. The van der Waals surface area contributed by atoms with Gasteiger partial charge in [-0.1, -0.05) is 0 Å². The van der Waals surface area contributed by atoms with E-state index in [1.165, 1.54) is 4.90 Å². The number of carbonyl (C=O) groups is 2. The Balaban J connectivity index is 2.17. The van der Waals surface area contributed by atoms with E-state index in [4.69, 9.17) is 4.74 Å². The van der Waals surface area contributed by atoms with Crippen LogP contribution in [0.15, 0.2) is 12.1 Å². The van der Waals surface area contributed by atoms with E-state index < -0.39 is 5.54 Å². The van der Waals surface area contributed by atoms with Crippen molar-refractivity contribution in [3.05, 3.63) is 23.5 Å². The zero-order valence-corrected chi connectivity index (χ0v) is 14.3. The topological polar surface area (TPSA) is 77.7 Å². The van der Waals surface area contributed by atoms with Crippen molar-refractivity contribution in [1.82, 2.24) is 20.1 Å². The summed E-state index contributed by atoms with van der Waals surface area (Å²) in [6.45, 7) is 1.76. The van der Waals surface area contributed by atoms with Crippen LogP contribution in [-0.4, -0.2) is 73.5 Å². The minimum atomic E-state index is -0.639. The van der Waals surface area contributed by atoms with E-state index in [1.807, 2.05) is 6.07 Å². The van der Waals surface area contributed by atoms with Gasteiger partial charge in [0.05, 0.1) is 6.61 Å². The van der Waals surface area contributed by atoms with Gasteiger partial charge in [0.1, 0.15) is 11.2 Å². The minimum absolute atomic E-state index is 0.0204. The van der Waals surface area contributed by atoms with E-state index in [-0.39, 0.29) is 11.8 Å². The Labute approximate surface area is 137 Å². The van der Waals surface area contributed by atoms with Crippen LogP contribution in [0.4, 0.5) is 0 Å². The van der Waals surface area contributed by atoms with Crippen molar-refractivity contribution in [1.29, 1.82) is 0 Å². The van der Waals surface area contributed by atoms with Crippen molar-refractivity contribution in [2.75, 3.05) is 41.4 Å². The summed E-state index contributed by atoms with van der Waals surface area (Å²) in [6, 6.07) is 3.68. The second kappa shape index (κ2) is 7.14. The molecule has 23 heavy (non-hydrogen) atoms. The molecule has 2 heterocycles. The summed E-state index contributed by atoms with van der Waals surface area (Å²) in [5.74, 6) is -0.0832.